The van der Waals surface area contributed by atoms with Gasteiger partial charge in [-0.2, -0.15) is 4.68 Å². The lowest BCUT2D eigenvalue weighted by atomic mass is 9.97. The molecule has 0 atom stereocenters. The number of rotatable bonds is 5. The van der Waals surface area contributed by atoms with Gasteiger partial charge in [0.15, 0.2) is 5.82 Å². The van der Waals surface area contributed by atoms with Gasteiger partial charge in [0.25, 0.3) is 5.91 Å². The second-order valence-corrected chi connectivity index (χ2v) is 8.30. The van der Waals surface area contributed by atoms with E-state index in [9.17, 15) is 4.79 Å². The topological polar surface area (TPSA) is 72.7 Å². The summed E-state index contributed by atoms with van der Waals surface area (Å²) in [5, 5.41) is 15.6. The van der Waals surface area contributed by atoms with Crippen molar-refractivity contribution in [1.29, 1.82) is 0 Å². The first-order chi connectivity index (χ1) is 13.3. The Kier molecular flexibility index (Phi) is 4.67. The number of halogens is 1. The van der Waals surface area contributed by atoms with E-state index in [0.29, 0.717) is 22.3 Å². The lowest BCUT2D eigenvalue weighted by Crippen LogP contribution is -2.45. The van der Waals surface area contributed by atoms with Crippen LogP contribution >= 0.6 is 11.6 Å². The Morgan fingerprint density at radius 1 is 1.14 bits per heavy atom. The SMILES string of the molecule is Cc1nnnn1-c1cc(C(=O)NC(C)(C)C2CC2)cc(-c2ccc(Cl)cc2)c1. The Bertz CT molecular complexity index is 1020. The second kappa shape index (κ2) is 7.02. The zero-order valence-electron chi connectivity index (χ0n) is 16.1. The molecule has 1 saturated carbocycles. The van der Waals surface area contributed by atoms with E-state index in [4.69, 9.17) is 11.6 Å². The van der Waals surface area contributed by atoms with Gasteiger partial charge in [-0.1, -0.05) is 23.7 Å². The van der Waals surface area contributed by atoms with Crippen molar-refractivity contribution in [3.8, 4) is 16.8 Å². The maximum atomic E-state index is 13.0. The summed E-state index contributed by atoms with van der Waals surface area (Å²) in [7, 11) is 0. The number of carbonyl (C=O) groups excluding carboxylic acids is 1. The molecule has 144 valence electrons. The maximum Gasteiger partial charge on any atom is 0.251 e. The van der Waals surface area contributed by atoms with Crippen LogP contribution in [0.25, 0.3) is 16.8 Å². The van der Waals surface area contributed by atoms with E-state index in [0.717, 1.165) is 29.7 Å². The molecule has 7 heteroatoms. The van der Waals surface area contributed by atoms with Gasteiger partial charge in [0, 0.05) is 16.1 Å². The molecule has 1 heterocycles. The molecular weight excluding hydrogens is 374 g/mol. The highest BCUT2D eigenvalue weighted by molar-refractivity contribution is 6.30. The van der Waals surface area contributed by atoms with Gasteiger partial charge in [-0.05, 0) is 91.4 Å². The summed E-state index contributed by atoms with van der Waals surface area (Å²) in [6.45, 7) is 5.99. The normalized spacial score (nSPS) is 14.1. The standard InChI is InChI=1S/C21H22ClN5O/c1-13-24-25-26-27(13)19-11-15(14-4-8-18(22)9-5-14)10-16(12-19)20(28)23-21(2,3)17-6-7-17/h4-5,8-12,17H,6-7H2,1-3H3,(H,23,28). The molecule has 4 rings (SSSR count). The predicted octanol–water partition coefficient (Wildman–Crippen LogP) is 4.21. The number of nitrogens with zero attached hydrogens (tertiary/aromatic N) is 4. The van der Waals surface area contributed by atoms with E-state index in [1.165, 1.54) is 0 Å². The molecule has 1 aliphatic carbocycles. The largest absolute Gasteiger partial charge is 0.347 e. The minimum atomic E-state index is -0.224. The van der Waals surface area contributed by atoms with Crippen LogP contribution in [0.2, 0.25) is 5.02 Å². The summed E-state index contributed by atoms with van der Waals surface area (Å²) >= 11 is 6.03. The van der Waals surface area contributed by atoms with E-state index in [2.05, 4.69) is 34.7 Å². The number of carbonyl (C=O) groups is 1. The Labute approximate surface area is 168 Å². The van der Waals surface area contributed by atoms with Crippen molar-refractivity contribution in [3.63, 3.8) is 0 Å². The molecular formula is C21H22ClN5O. The van der Waals surface area contributed by atoms with Gasteiger partial charge >= 0.3 is 0 Å². The zero-order valence-corrected chi connectivity index (χ0v) is 16.9. The van der Waals surface area contributed by atoms with Crippen molar-refractivity contribution in [2.45, 2.75) is 39.2 Å². The van der Waals surface area contributed by atoms with E-state index in [-0.39, 0.29) is 11.4 Å². The van der Waals surface area contributed by atoms with Crippen LogP contribution in [0.5, 0.6) is 0 Å². The van der Waals surface area contributed by atoms with E-state index < -0.39 is 0 Å². The smallest absolute Gasteiger partial charge is 0.251 e. The summed E-state index contributed by atoms with van der Waals surface area (Å²) in [6.07, 6.45) is 2.32. The highest BCUT2D eigenvalue weighted by atomic mass is 35.5. The lowest BCUT2D eigenvalue weighted by Gasteiger charge is -2.26. The zero-order chi connectivity index (χ0) is 19.9. The summed E-state index contributed by atoms with van der Waals surface area (Å²) in [6, 6.07) is 13.2. The minimum absolute atomic E-state index is 0.0975. The molecule has 1 amide bonds. The van der Waals surface area contributed by atoms with E-state index in [1.807, 2.05) is 49.4 Å². The Morgan fingerprint density at radius 3 is 2.46 bits per heavy atom. The molecule has 0 spiro atoms. The van der Waals surface area contributed by atoms with Crippen molar-refractivity contribution in [2.75, 3.05) is 0 Å². The fourth-order valence-electron chi connectivity index (χ4n) is 3.42. The summed E-state index contributed by atoms with van der Waals surface area (Å²) in [5.74, 6) is 1.09. The minimum Gasteiger partial charge on any atom is -0.347 e. The predicted molar refractivity (Wildman–Crippen MR) is 109 cm³/mol. The van der Waals surface area contributed by atoms with Crippen LogP contribution in [-0.2, 0) is 0 Å². The first-order valence-electron chi connectivity index (χ1n) is 9.32. The Morgan fingerprint density at radius 2 is 1.86 bits per heavy atom. The van der Waals surface area contributed by atoms with Crippen molar-refractivity contribution in [2.24, 2.45) is 5.92 Å². The number of aryl methyl sites for hydroxylation is 1. The van der Waals surface area contributed by atoms with Crippen LogP contribution in [0, 0.1) is 12.8 Å². The molecule has 6 nitrogen and oxygen atoms in total. The van der Waals surface area contributed by atoms with E-state index in [1.54, 1.807) is 4.68 Å². The molecule has 3 aromatic rings. The number of benzene rings is 2. The average molecular weight is 396 g/mol. The van der Waals surface area contributed by atoms with Gasteiger partial charge in [-0.25, -0.2) is 0 Å². The molecule has 0 bridgehead atoms. The van der Waals surface area contributed by atoms with Gasteiger partial charge < -0.3 is 5.32 Å². The quantitative estimate of drug-likeness (QED) is 0.702. The average Bonchev–Trinajstić information content (AvgIpc) is 3.44. The van der Waals surface area contributed by atoms with Crippen LogP contribution < -0.4 is 5.32 Å². The van der Waals surface area contributed by atoms with Crippen LogP contribution in [0.15, 0.2) is 42.5 Å². The maximum absolute atomic E-state index is 13.0. The molecule has 28 heavy (non-hydrogen) atoms. The third-order valence-electron chi connectivity index (χ3n) is 5.26. The van der Waals surface area contributed by atoms with Crippen molar-refractivity contribution >= 4 is 17.5 Å². The van der Waals surface area contributed by atoms with Gasteiger partial charge in [0.2, 0.25) is 0 Å². The Hall–Kier alpha value is -2.73. The molecule has 0 unspecified atom stereocenters. The molecule has 1 aromatic heterocycles. The number of tetrazole rings is 1. The number of hydrogen-bond donors (Lipinski definition) is 1. The van der Waals surface area contributed by atoms with Crippen LogP contribution in [0.4, 0.5) is 0 Å². The molecule has 1 N–H and O–H groups in total. The number of aromatic nitrogens is 4. The highest BCUT2D eigenvalue weighted by Crippen LogP contribution is 2.39. The van der Waals surface area contributed by atoms with Crippen LogP contribution in [-0.4, -0.2) is 31.7 Å². The van der Waals surface area contributed by atoms with Crippen molar-refractivity contribution in [1.82, 2.24) is 25.5 Å². The fraction of sp³-hybridized carbons (Fsp3) is 0.333. The van der Waals surface area contributed by atoms with E-state index >= 15 is 0 Å². The molecule has 0 radical (unpaired) electrons. The number of amides is 1. The second-order valence-electron chi connectivity index (χ2n) is 7.86. The molecule has 1 fully saturated rings. The molecule has 0 saturated heterocycles. The monoisotopic (exact) mass is 395 g/mol. The highest BCUT2D eigenvalue weighted by Gasteiger charge is 2.38. The first-order valence-corrected chi connectivity index (χ1v) is 9.70. The van der Waals surface area contributed by atoms with Crippen molar-refractivity contribution < 1.29 is 4.79 Å². The number of hydrogen-bond acceptors (Lipinski definition) is 4. The van der Waals surface area contributed by atoms with Gasteiger partial charge in [0.05, 0.1) is 5.69 Å². The fourth-order valence-corrected chi connectivity index (χ4v) is 3.54. The third-order valence-corrected chi connectivity index (χ3v) is 5.51. The van der Waals surface area contributed by atoms with Crippen LogP contribution in [0.3, 0.4) is 0 Å². The molecule has 2 aromatic carbocycles. The molecule has 0 aliphatic heterocycles. The van der Waals surface area contributed by atoms with Gasteiger partial charge in [-0.3, -0.25) is 4.79 Å². The summed E-state index contributed by atoms with van der Waals surface area (Å²) in [5.41, 5.74) is 2.96. The number of nitrogens with one attached hydrogen (secondary N) is 1. The van der Waals surface area contributed by atoms with Gasteiger partial charge in [-0.15, -0.1) is 5.10 Å². The lowest BCUT2D eigenvalue weighted by molar-refractivity contribution is 0.0903. The van der Waals surface area contributed by atoms with Gasteiger partial charge in [0.1, 0.15) is 0 Å². The van der Waals surface area contributed by atoms with Crippen molar-refractivity contribution in [3.05, 3.63) is 58.9 Å². The summed E-state index contributed by atoms with van der Waals surface area (Å²) in [4.78, 5) is 13.0. The molecule has 1 aliphatic rings. The summed E-state index contributed by atoms with van der Waals surface area (Å²) < 4.78 is 1.63. The first kappa shape index (κ1) is 18.6. The Balaban J connectivity index is 1.76. The third kappa shape index (κ3) is 3.78. The van der Waals surface area contributed by atoms with Crippen LogP contribution in [0.1, 0.15) is 42.9 Å².